The van der Waals surface area contributed by atoms with Crippen molar-refractivity contribution in [3.05, 3.63) is 42.5 Å². The third-order valence-corrected chi connectivity index (χ3v) is 2.30. The van der Waals surface area contributed by atoms with Crippen LogP contribution < -0.4 is 10.6 Å². The quantitative estimate of drug-likeness (QED) is 0.864. The molecule has 18 heavy (non-hydrogen) atoms. The van der Waals surface area contributed by atoms with Crippen molar-refractivity contribution >= 4 is 23.2 Å². The molecule has 5 heteroatoms. The van der Waals surface area contributed by atoms with Gasteiger partial charge in [-0.3, -0.25) is 4.79 Å². The Bertz CT molecular complexity index is 510. The summed E-state index contributed by atoms with van der Waals surface area (Å²) in [6.45, 7) is 1.79. The molecule has 0 aliphatic carbocycles. The van der Waals surface area contributed by atoms with E-state index in [4.69, 9.17) is 0 Å². The number of nitrogens with zero attached hydrogens (tertiary/aromatic N) is 2. The number of carbonyl (C=O) groups excluding carboxylic acids is 1. The molecule has 1 heterocycles. The van der Waals surface area contributed by atoms with E-state index in [0.29, 0.717) is 18.1 Å². The molecule has 0 aliphatic heterocycles. The van der Waals surface area contributed by atoms with Gasteiger partial charge in [-0.25, -0.2) is 0 Å². The van der Waals surface area contributed by atoms with Crippen LogP contribution in [0.4, 0.5) is 17.3 Å². The zero-order valence-corrected chi connectivity index (χ0v) is 10.1. The monoisotopic (exact) mass is 242 g/mol. The molecule has 0 aliphatic rings. The van der Waals surface area contributed by atoms with E-state index in [1.807, 2.05) is 30.3 Å². The van der Waals surface area contributed by atoms with E-state index in [1.54, 1.807) is 19.1 Å². The number of rotatable bonds is 4. The lowest BCUT2D eigenvalue weighted by molar-refractivity contribution is -0.115. The maximum Gasteiger partial charge on any atom is 0.225 e. The highest BCUT2D eigenvalue weighted by Gasteiger charge is 2.01. The van der Waals surface area contributed by atoms with Crippen LogP contribution in [-0.4, -0.2) is 16.1 Å². The molecule has 2 N–H and O–H groups in total. The third kappa shape index (κ3) is 3.28. The predicted octanol–water partition coefficient (Wildman–Crippen LogP) is 2.57. The Morgan fingerprint density at radius 3 is 2.33 bits per heavy atom. The van der Waals surface area contributed by atoms with Crippen molar-refractivity contribution in [2.45, 2.75) is 13.3 Å². The highest BCUT2D eigenvalue weighted by atomic mass is 16.1. The van der Waals surface area contributed by atoms with E-state index in [1.165, 1.54) is 0 Å². The molecule has 0 bridgehead atoms. The van der Waals surface area contributed by atoms with Crippen LogP contribution in [0.3, 0.4) is 0 Å². The zero-order chi connectivity index (χ0) is 12.8. The SMILES string of the molecule is CCC(=O)Nc1ccc(Nc2ccccc2)nn1. The van der Waals surface area contributed by atoms with Crippen molar-refractivity contribution in [2.24, 2.45) is 0 Å². The number of hydrogen-bond donors (Lipinski definition) is 2. The topological polar surface area (TPSA) is 66.9 Å². The van der Waals surface area contributed by atoms with Crippen molar-refractivity contribution in [3.8, 4) is 0 Å². The molecule has 92 valence electrons. The summed E-state index contributed by atoms with van der Waals surface area (Å²) in [5.41, 5.74) is 0.942. The van der Waals surface area contributed by atoms with E-state index < -0.39 is 0 Å². The summed E-state index contributed by atoms with van der Waals surface area (Å²) < 4.78 is 0. The van der Waals surface area contributed by atoms with Gasteiger partial charge in [-0.1, -0.05) is 25.1 Å². The first-order valence-corrected chi connectivity index (χ1v) is 5.73. The van der Waals surface area contributed by atoms with E-state index in [9.17, 15) is 4.79 Å². The number of aromatic nitrogens is 2. The van der Waals surface area contributed by atoms with Gasteiger partial charge in [0.1, 0.15) is 0 Å². The van der Waals surface area contributed by atoms with Gasteiger partial charge in [-0.05, 0) is 24.3 Å². The average molecular weight is 242 g/mol. The molecule has 0 saturated carbocycles. The fraction of sp³-hybridized carbons (Fsp3) is 0.154. The Kier molecular flexibility index (Phi) is 3.86. The Balaban J connectivity index is 2.02. The smallest absolute Gasteiger partial charge is 0.225 e. The minimum Gasteiger partial charge on any atom is -0.339 e. The molecule has 0 unspecified atom stereocenters. The van der Waals surface area contributed by atoms with Crippen molar-refractivity contribution < 1.29 is 4.79 Å². The Hall–Kier alpha value is -2.43. The molecule has 0 radical (unpaired) electrons. The van der Waals surface area contributed by atoms with Gasteiger partial charge in [-0.2, -0.15) is 0 Å². The molecule has 2 aromatic rings. The summed E-state index contributed by atoms with van der Waals surface area (Å²) >= 11 is 0. The first kappa shape index (κ1) is 12.0. The highest BCUT2D eigenvalue weighted by Crippen LogP contribution is 2.13. The minimum atomic E-state index is -0.0759. The second kappa shape index (κ2) is 5.77. The molecule has 5 nitrogen and oxygen atoms in total. The van der Waals surface area contributed by atoms with E-state index in [-0.39, 0.29) is 5.91 Å². The van der Waals surface area contributed by atoms with Gasteiger partial charge < -0.3 is 10.6 Å². The fourth-order valence-corrected chi connectivity index (χ4v) is 1.37. The largest absolute Gasteiger partial charge is 0.339 e. The zero-order valence-electron chi connectivity index (χ0n) is 10.1. The Morgan fingerprint density at radius 2 is 1.72 bits per heavy atom. The highest BCUT2D eigenvalue weighted by molar-refractivity contribution is 5.89. The number of benzene rings is 1. The van der Waals surface area contributed by atoms with Crippen LogP contribution in [0.5, 0.6) is 0 Å². The summed E-state index contributed by atoms with van der Waals surface area (Å²) in [4.78, 5) is 11.2. The molecule has 2 rings (SSSR count). The lowest BCUT2D eigenvalue weighted by Gasteiger charge is -2.05. The minimum absolute atomic E-state index is 0.0759. The van der Waals surface area contributed by atoms with E-state index in [2.05, 4.69) is 20.8 Å². The Morgan fingerprint density at radius 1 is 1.06 bits per heavy atom. The van der Waals surface area contributed by atoms with Crippen molar-refractivity contribution in [2.75, 3.05) is 10.6 Å². The summed E-state index contributed by atoms with van der Waals surface area (Å²) in [6.07, 6.45) is 0.422. The number of nitrogens with one attached hydrogen (secondary N) is 2. The summed E-state index contributed by atoms with van der Waals surface area (Å²) in [6, 6.07) is 13.2. The predicted molar refractivity (Wildman–Crippen MR) is 70.7 cm³/mol. The van der Waals surface area contributed by atoms with Crippen LogP contribution in [0.25, 0.3) is 0 Å². The lowest BCUT2D eigenvalue weighted by Crippen LogP contribution is -2.11. The molecule has 1 aromatic heterocycles. The van der Waals surface area contributed by atoms with Crippen LogP contribution in [0.1, 0.15) is 13.3 Å². The van der Waals surface area contributed by atoms with Gasteiger partial charge in [0.15, 0.2) is 11.6 Å². The second-order valence-electron chi connectivity index (χ2n) is 3.70. The Labute approximate surface area is 105 Å². The van der Waals surface area contributed by atoms with Crippen LogP contribution in [0.2, 0.25) is 0 Å². The van der Waals surface area contributed by atoms with Crippen LogP contribution in [0, 0.1) is 0 Å². The first-order valence-electron chi connectivity index (χ1n) is 5.73. The lowest BCUT2D eigenvalue weighted by atomic mass is 10.3. The first-order chi connectivity index (χ1) is 8.78. The maximum atomic E-state index is 11.2. The van der Waals surface area contributed by atoms with Crippen LogP contribution >= 0.6 is 0 Å². The van der Waals surface area contributed by atoms with Crippen molar-refractivity contribution in [1.82, 2.24) is 10.2 Å². The second-order valence-corrected chi connectivity index (χ2v) is 3.70. The molecule has 0 saturated heterocycles. The number of hydrogen-bond acceptors (Lipinski definition) is 4. The van der Waals surface area contributed by atoms with Crippen molar-refractivity contribution in [3.63, 3.8) is 0 Å². The fourth-order valence-electron chi connectivity index (χ4n) is 1.37. The van der Waals surface area contributed by atoms with Gasteiger partial charge in [0.25, 0.3) is 0 Å². The molecule has 0 atom stereocenters. The van der Waals surface area contributed by atoms with Gasteiger partial charge in [0.2, 0.25) is 5.91 Å². The van der Waals surface area contributed by atoms with E-state index >= 15 is 0 Å². The normalized spacial score (nSPS) is 9.83. The van der Waals surface area contributed by atoms with Crippen LogP contribution in [0.15, 0.2) is 42.5 Å². The summed E-state index contributed by atoms with van der Waals surface area (Å²) in [7, 11) is 0. The van der Waals surface area contributed by atoms with Gasteiger partial charge >= 0.3 is 0 Å². The molecule has 0 spiro atoms. The maximum absolute atomic E-state index is 11.2. The molecule has 1 amide bonds. The summed E-state index contributed by atoms with van der Waals surface area (Å²) in [5, 5.41) is 13.7. The van der Waals surface area contributed by atoms with Crippen LogP contribution in [-0.2, 0) is 4.79 Å². The number of amides is 1. The van der Waals surface area contributed by atoms with Crippen molar-refractivity contribution in [1.29, 1.82) is 0 Å². The average Bonchev–Trinajstić information content (AvgIpc) is 2.42. The van der Waals surface area contributed by atoms with E-state index in [0.717, 1.165) is 5.69 Å². The standard InChI is InChI=1S/C13H14N4O/c1-2-13(18)15-12-9-8-11(16-17-12)14-10-6-4-3-5-7-10/h3-9H,2H2,1H3,(H,14,16)(H,15,17,18). The number of para-hydroxylation sites is 1. The third-order valence-electron chi connectivity index (χ3n) is 2.30. The molecular formula is C13H14N4O. The van der Waals surface area contributed by atoms with Gasteiger partial charge in [0, 0.05) is 12.1 Å². The molecular weight excluding hydrogens is 228 g/mol. The molecule has 1 aromatic carbocycles. The molecule has 0 fully saturated rings. The number of anilines is 3. The van der Waals surface area contributed by atoms with Gasteiger partial charge in [-0.15, -0.1) is 10.2 Å². The van der Waals surface area contributed by atoms with Gasteiger partial charge in [0.05, 0.1) is 0 Å². The summed E-state index contributed by atoms with van der Waals surface area (Å²) in [5.74, 6) is 1.02. The number of carbonyl (C=O) groups is 1.